The first-order chi connectivity index (χ1) is 17.6. The van der Waals surface area contributed by atoms with Crippen molar-refractivity contribution in [2.24, 2.45) is 0 Å². The summed E-state index contributed by atoms with van der Waals surface area (Å²) in [7, 11) is 0. The van der Waals surface area contributed by atoms with Gasteiger partial charge < -0.3 is 28.5 Å². The second-order valence-electron chi connectivity index (χ2n) is 8.61. The molecular formula is C28H28N2O6. The zero-order valence-corrected chi connectivity index (χ0v) is 20.1. The van der Waals surface area contributed by atoms with Gasteiger partial charge in [-0.05, 0) is 68.3 Å². The Bertz CT molecular complexity index is 1320. The van der Waals surface area contributed by atoms with E-state index in [1.165, 1.54) is 0 Å². The zero-order chi connectivity index (χ0) is 24.9. The van der Waals surface area contributed by atoms with Crippen LogP contribution in [0, 0.1) is 0 Å². The SMILES string of the molecule is CCOc1ccc(C(=O)Nc2c(C(=O)N(Cc3ccco3)C[C@H]3CCCO3)oc3ccccc23)cc1. The predicted octanol–water partition coefficient (Wildman–Crippen LogP) is 5.50. The van der Waals surface area contributed by atoms with Gasteiger partial charge in [0.2, 0.25) is 5.76 Å². The number of amides is 2. The minimum atomic E-state index is -0.352. The zero-order valence-electron chi connectivity index (χ0n) is 20.1. The monoisotopic (exact) mass is 488 g/mol. The van der Waals surface area contributed by atoms with Crippen molar-refractivity contribution in [1.82, 2.24) is 4.90 Å². The van der Waals surface area contributed by atoms with Gasteiger partial charge in [0.25, 0.3) is 11.8 Å². The minimum Gasteiger partial charge on any atom is -0.494 e. The summed E-state index contributed by atoms with van der Waals surface area (Å²) in [6.07, 6.45) is 3.36. The summed E-state index contributed by atoms with van der Waals surface area (Å²) in [5, 5.41) is 3.56. The van der Waals surface area contributed by atoms with Crippen molar-refractivity contribution in [3.8, 4) is 5.75 Å². The summed E-state index contributed by atoms with van der Waals surface area (Å²) >= 11 is 0. The highest BCUT2D eigenvalue weighted by Gasteiger charge is 2.30. The third-order valence-electron chi connectivity index (χ3n) is 6.12. The molecule has 36 heavy (non-hydrogen) atoms. The van der Waals surface area contributed by atoms with Gasteiger partial charge in [-0.25, -0.2) is 0 Å². The Hall–Kier alpha value is -4.04. The number of benzene rings is 2. The van der Waals surface area contributed by atoms with Gasteiger partial charge in [0, 0.05) is 24.1 Å². The molecule has 8 nitrogen and oxygen atoms in total. The number of nitrogens with one attached hydrogen (secondary N) is 1. The number of anilines is 1. The van der Waals surface area contributed by atoms with Gasteiger partial charge in [-0.15, -0.1) is 0 Å². The lowest BCUT2D eigenvalue weighted by Gasteiger charge is -2.24. The number of para-hydroxylation sites is 1. The summed E-state index contributed by atoms with van der Waals surface area (Å²) in [6.45, 7) is 3.77. The van der Waals surface area contributed by atoms with E-state index >= 15 is 0 Å². The Morgan fingerprint density at radius 2 is 1.92 bits per heavy atom. The van der Waals surface area contributed by atoms with Gasteiger partial charge in [-0.1, -0.05) is 12.1 Å². The normalized spacial score (nSPS) is 15.2. The van der Waals surface area contributed by atoms with Crippen molar-refractivity contribution in [2.45, 2.75) is 32.4 Å². The smallest absolute Gasteiger partial charge is 0.292 e. The third kappa shape index (κ3) is 5.13. The molecule has 2 aromatic carbocycles. The standard InChI is InChI=1S/C28H28N2O6/c1-2-33-20-13-11-19(12-14-20)27(31)29-25-23-9-3-4-10-24(23)36-26(25)28(32)30(17-21-7-5-15-34-21)18-22-8-6-16-35-22/h3-5,7,9-15,22H,2,6,8,16-18H2,1H3,(H,29,31)/t22-/m1/s1. The van der Waals surface area contributed by atoms with Gasteiger partial charge >= 0.3 is 0 Å². The van der Waals surface area contributed by atoms with Crippen LogP contribution < -0.4 is 10.1 Å². The molecule has 8 heteroatoms. The summed E-state index contributed by atoms with van der Waals surface area (Å²) in [4.78, 5) is 28.7. The molecule has 1 atom stereocenters. The maximum Gasteiger partial charge on any atom is 0.292 e. The van der Waals surface area contributed by atoms with Crippen LogP contribution in [0.3, 0.4) is 0 Å². The first kappa shape index (κ1) is 23.7. The second kappa shape index (κ2) is 10.7. The molecule has 0 saturated carbocycles. The molecule has 1 aliphatic rings. The molecule has 0 unspecified atom stereocenters. The van der Waals surface area contributed by atoms with Crippen LogP contribution in [0.4, 0.5) is 5.69 Å². The summed E-state index contributed by atoms with van der Waals surface area (Å²) in [5.74, 6) is 0.703. The number of furan rings is 2. The topological polar surface area (TPSA) is 94.2 Å². The first-order valence-corrected chi connectivity index (χ1v) is 12.1. The molecule has 0 spiro atoms. The van der Waals surface area contributed by atoms with E-state index in [1.807, 2.05) is 31.2 Å². The van der Waals surface area contributed by atoms with E-state index in [0.717, 1.165) is 12.8 Å². The van der Waals surface area contributed by atoms with Gasteiger partial charge in [0.15, 0.2) is 0 Å². The van der Waals surface area contributed by atoms with Crippen LogP contribution in [0.25, 0.3) is 11.0 Å². The Morgan fingerprint density at radius 1 is 1.08 bits per heavy atom. The Morgan fingerprint density at radius 3 is 2.64 bits per heavy atom. The lowest BCUT2D eigenvalue weighted by molar-refractivity contribution is 0.0471. The molecular weight excluding hydrogens is 460 g/mol. The number of hydrogen-bond acceptors (Lipinski definition) is 6. The number of rotatable bonds is 9. The van der Waals surface area contributed by atoms with Crippen molar-refractivity contribution < 1.29 is 27.9 Å². The summed E-state index contributed by atoms with van der Waals surface area (Å²) in [5.41, 5.74) is 1.29. The quantitative estimate of drug-likeness (QED) is 0.334. The fraction of sp³-hybridized carbons (Fsp3) is 0.286. The van der Waals surface area contributed by atoms with Crippen LogP contribution in [0.5, 0.6) is 5.75 Å². The molecule has 1 N–H and O–H groups in total. The molecule has 2 amide bonds. The molecule has 0 radical (unpaired) electrons. The molecule has 3 heterocycles. The molecule has 1 aliphatic heterocycles. The Labute approximate surface area is 208 Å². The molecule has 0 aliphatic carbocycles. The van der Waals surface area contributed by atoms with E-state index < -0.39 is 0 Å². The van der Waals surface area contributed by atoms with Crippen molar-refractivity contribution in [3.63, 3.8) is 0 Å². The molecule has 186 valence electrons. The van der Waals surface area contributed by atoms with Crippen LogP contribution in [-0.2, 0) is 11.3 Å². The van der Waals surface area contributed by atoms with Crippen LogP contribution in [-0.4, -0.2) is 42.6 Å². The first-order valence-electron chi connectivity index (χ1n) is 12.1. The van der Waals surface area contributed by atoms with Crippen molar-refractivity contribution in [3.05, 3.63) is 84.0 Å². The van der Waals surface area contributed by atoms with Crippen LogP contribution in [0.15, 0.2) is 75.8 Å². The van der Waals surface area contributed by atoms with E-state index in [9.17, 15) is 9.59 Å². The number of carbonyl (C=O) groups is 2. The van der Waals surface area contributed by atoms with E-state index in [0.29, 0.717) is 53.5 Å². The van der Waals surface area contributed by atoms with E-state index in [2.05, 4.69) is 5.32 Å². The Balaban J connectivity index is 1.46. The average Bonchev–Trinajstić information content (AvgIpc) is 3.66. The third-order valence-corrected chi connectivity index (χ3v) is 6.12. The molecule has 5 rings (SSSR count). The fourth-order valence-electron chi connectivity index (χ4n) is 4.36. The van der Waals surface area contributed by atoms with Crippen molar-refractivity contribution in [2.75, 3.05) is 25.1 Å². The van der Waals surface area contributed by atoms with E-state index in [-0.39, 0.29) is 30.2 Å². The van der Waals surface area contributed by atoms with Gasteiger partial charge in [-0.2, -0.15) is 0 Å². The number of carbonyl (C=O) groups excluding carboxylic acids is 2. The average molecular weight is 489 g/mol. The summed E-state index contributed by atoms with van der Waals surface area (Å²) in [6, 6.07) is 17.7. The summed E-state index contributed by atoms with van der Waals surface area (Å²) < 4.78 is 22.8. The molecule has 1 saturated heterocycles. The number of nitrogens with zero attached hydrogens (tertiary/aromatic N) is 1. The predicted molar refractivity (Wildman–Crippen MR) is 134 cm³/mol. The van der Waals surface area contributed by atoms with Gasteiger partial charge in [-0.3, -0.25) is 9.59 Å². The van der Waals surface area contributed by atoms with Crippen LogP contribution >= 0.6 is 0 Å². The van der Waals surface area contributed by atoms with Crippen LogP contribution in [0.2, 0.25) is 0 Å². The van der Waals surface area contributed by atoms with Gasteiger partial charge in [0.1, 0.15) is 22.8 Å². The largest absolute Gasteiger partial charge is 0.494 e. The number of ether oxygens (including phenoxy) is 2. The lowest BCUT2D eigenvalue weighted by atomic mass is 10.1. The lowest BCUT2D eigenvalue weighted by Crippen LogP contribution is -2.37. The van der Waals surface area contributed by atoms with E-state index in [4.69, 9.17) is 18.3 Å². The van der Waals surface area contributed by atoms with Crippen molar-refractivity contribution >= 4 is 28.5 Å². The van der Waals surface area contributed by atoms with E-state index in [1.54, 1.807) is 47.6 Å². The highest BCUT2D eigenvalue weighted by molar-refractivity contribution is 6.14. The van der Waals surface area contributed by atoms with Gasteiger partial charge in [0.05, 0.1) is 25.5 Å². The molecule has 1 fully saturated rings. The fourth-order valence-corrected chi connectivity index (χ4v) is 4.36. The molecule has 0 bridgehead atoms. The van der Waals surface area contributed by atoms with Crippen LogP contribution in [0.1, 0.15) is 46.4 Å². The Kier molecular flexibility index (Phi) is 7.04. The second-order valence-corrected chi connectivity index (χ2v) is 8.61. The maximum absolute atomic E-state index is 13.9. The minimum absolute atomic E-state index is 0.0600. The maximum atomic E-state index is 13.9. The molecule has 2 aromatic heterocycles. The highest BCUT2D eigenvalue weighted by Crippen LogP contribution is 2.33. The molecule has 4 aromatic rings. The van der Waals surface area contributed by atoms with Crippen molar-refractivity contribution in [1.29, 1.82) is 0 Å². The highest BCUT2D eigenvalue weighted by atomic mass is 16.5. The number of hydrogen-bond donors (Lipinski definition) is 1. The number of fused-ring (bicyclic) bond motifs is 1.